The van der Waals surface area contributed by atoms with Crippen LogP contribution in [0.5, 0.6) is 0 Å². The van der Waals surface area contributed by atoms with Crippen molar-refractivity contribution in [1.82, 2.24) is 5.32 Å². The topological polar surface area (TPSA) is 122 Å². The molecular weight excluding hydrogens is 274 g/mol. The quantitative estimate of drug-likeness (QED) is 0.660. The molecule has 0 aliphatic carbocycles. The van der Waals surface area contributed by atoms with Crippen molar-refractivity contribution in [1.29, 1.82) is 0 Å². The lowest BCUT2D eigenvalue weighted by molar-refractivity contribution is -0.119. The van der Waals surface area contributed by atoms with Gasteiger partial charge in [-0.05, 0) is 25.1 Å². The number of anilines is 1. The molecule has 0 saturated heterocycles. The van der Waals surface area contributed by atoms with Crippen LogP contribution in [0, 0.1) is 0 Å². The van der Waals surface area contributed by atoms with E-state index in [1.807, 2.05) is 0 Å². The number of rotatable bonds is 4. The Hall–Kier alpha value is -2.28. The zero-order valence-electron chi connectivity index (χ0n) is 9.94. The lowest BCUT2D eigenvalue weighted by Crippen LogP contribution is -2.44. The van der Waals surface area contributed by atoms with Gasteiger partial charge in [0.2, 0.25) is 5.91 Å². The molecule has 0 aliphatic rings. The number of benzene rings is 1. The highest BCUT2D eigenvalue weighted by molar-refractivity contribution is 6.33. The largest absolute Gasteiger partial charge is 0.478 e. The second kappa shape index (κ2) is 6.05. The van der Waals surface area contributed by atoms with Crippen molar-refractivity contribution in [2.45, 2.75) is 13.0 Å². The Labute approximate surface area is 113 Å². The summed E-state index contributed by atoms with van der Waals surface area (Å²) in [4.78, 5) is 33.1. The van der Waals surface area contributed by atoms with Crippen LogP contribution in [-0.4, -0.2) is 29.1 Å². The first kappa shape index (κ1) is 14.8. The number of primary amides is 1. The van der Waals surface area contributed by atoms with Crippen LogP contribution in [0.4, 0.5) is 10.5 Å². The second-order valence-corrected chi connectivity index (χ2v) is 4.13. The van der Waals surface area contributed by atoms with Gasteiger partial charge in [0.15, 0.2) is 0 Å². The van der Waals surface area contributed by atoms with Crippen LogP contribution in [0.25, 0.3) is 0 Å². The Morgan fingerprint density at radius 3 is 2.53 bits per heavy atom. The molecule has 1 rings (SSSR count). The maximum absolute atomic E-state index is 11.5. The number of hydrogen-bond donors (Lipinski definition) is 4. The Kier molecular flexibility index (Phi) is 4.71. The Morgan fingerprint density at radius 2 is 2.00 bits per heavy atom. The number of carbonyl (C=O) groups is 3. The average molecular weight is 286 g/mol. The monoisotopic (exact) mass is 285 g/mol. The summed E-state index contributed by atoms with van der Waals surface area (Å²) in [7, 11) is 0. The number of carboxylic acids is 1. The number of amides is 3. The molecule has 0 saturated carbocycles. The van der Waals surface area contributed by atoms with Gasteiger partial charge in [-0.1, -0.05) is 11.6 Å². The van der Waals surface area contributed by atoms with Crippen LogP contribution in [0.1, 0.15) is 17.3 Å². The summed E-state index contributed by atoms with van der Waals surface area (Å²) in [6, 6.07) is 2.29. The van der Waals surface area contributed by atoms with Gasteiger partial charge in [0.1, 0.15) is 6.04 Å². The molecule has 0 fully saturated rings. The number of carboxylic acid groups (broad SMARTS) is 1. The van der Waals surface area contributed by atoms with E-state index in [-0.39, 0.29) is 16.3 Å². The highest BCUT2D eigenvalue weighted by Gasteiger charge is 2.14. The molecule has 1 unspecified atom stereocenters. The van der Waals surface area contributed by atoms with E-state index in [1.54, 1.807) is 0 Å². The van der Waals surface area contributed by atoms with E-state index in [1.165, 1.54) is 25.1 Å². The lowest BCUT2D eigenvalue weighted by atomic mass is 10.2. The van der Waals surface area contributed by atoms with Crippen molar-refractivity contribution in [3.63, 3.8) is 0 Å². The summed E-state index contributed by atoms with van der Waals surface area (Å²) >= 11 is 5.82. The van der Waals surface area contributed by atoms with Crippen LogP contribution >= 0.6 is 11.6 Å². The number of nitrogens with one attached hydrogen (secondary N) is 2. The minimum Gasteiger partial charge on any atom is -0.478 e. The number of carbonyl (C=O) groups excluding carboxylic acids is 2. The third-order valence-corrected chi connectivity index (χ3v) is 2.57. The van der Waals surface area contributed by atoms with Crippen molar-refractivity contribution in [3.8, 4) is 0 Å². The third kappa shape index (κ3) is 4.14. The normalized spacial score (nSPS) is 11.5. The van der Waals surface area contributed by atoms with Gasteiger partial charge in [-0.2, -0.15) is 0 Å². The molecule has 0 bridgehead atoms. The minimum atomic E-state index is -1.15. The van der Waals surface area contributed by atoms with E-state index in [0.717, 1.165) is 0 Å². The van der Waals surface area contributed by atoms with Gasteiger partial charge in [-0.15, -0.1) is 0 Å². The summed E-state index contributed by atoms with van der Waals surface area (Å²) in [6.45, 7) is 1.41. The van der Waals surface area contributed by atoms with E-state index in [4.69, 9.17) is 22.4 Å². The maximum atomic E-state index is 11.5. The summed E-state index contributed by atoms with van der Waals surface area (Å²) in [5, 5.41) is 13.6. The predicted molar refractivity (Wildman–Crippen MR) is 69.2 cm³/mol. The lowest BCUT2D eigenvalue weighted by Gasteiger charge is -2.12. The van der Waals surface area contributed by atoms with Crippen LogP contribution in [0.2, 0.25) is 5.02 Å². The first-order valence-corrected chi connectivity index (χ1v) is 5.58. The maximum Gasteiger partial charge on any atom is 0.335 e. The summed E-state index contributed by atoms with van der Waals surface area (Å²) in [6.07, 6.45) is 0. The van der Waals surface area contributed by atoms with Crippen LogP contribution in [0.3, 0.4) is 0 Å². The third-order valence-electron chi connectivity index (χ3n) is 2.24. The molecule has 1 aromatic carbocycles. The molecule has 0 aliphatic heterocycles. The standard InChI is InChI=1S/C11H12ClN3O4/c1-5(9(13)16)14-11(19)15-8-4-6(10(17)18)2-3-7(8)12/h2-5H,1H3,(H2,13,16)(H,17,18)(H2,14,15,19). The average Bonchev–Trinajstić information content (AvgIpc) is 2.31. The smallest absolute Gasteiger partial charge is 0.335 e. The Morgan fingerprint density at radius 1 is 1.37 bits per heavy atom. The zero-order chi connectivity index (χ0) is 14.6. The molecule has 3 amide bonds. The molecule has 19 heavy (non-hydrogen) atoms. The van der Waals surface area contributed by atoms with Crippen LogP contribution in [-0.2, 0) is 4.79 Å². The van der Waals surface area contributed by atoms with Crippen molar-refractivity contribution < 1.29 is 19.5 Å². The van der Waals surface area contributed by atoms with Gasteiger partial charge in [-0.25, -0.2) is 9.59 Å². The highest BCUT2D eigenvalue weighted by Crippen LogP contribution is 2.22. The number of hydrogen-bond acceptors (Lipinski definition) is 3. The van der Waals surface area contributed by atoms with E-state index in [0.29, 0.717) is 0 Å². The van der Waals surface area contributed by atoms with E-state index in [2.05, 4.69) is 10.6 Å². The second-order valence-electron chi connectivity index (χ2n) is 3.72. The fraction of sp³-hybridized carbons (Fsp3) is 0.182. The number of aromatic carboxylic acids is 1. The fourth-order valence-corrected chi connectivity index (χ4v) is 1.35. The molecule has 102 valence electrons. The Bertz CT molecular complexity index is 533. The molecule has 8 heteroatoms. The van der Waals surface area contributed by atoms with Gasteiger partial charge < -0.3 is 21.5 Å². The minimum absolute atomic E-state index is 0.0253. The molecule has 1 aromatic rings. The molecule has 0 radical (unpaired) electrons. The first-order valence-electron chi connectivity index (χ1n) is 5.21. The number of nitrogens with two attached hydrogens (primary N) is 1. The van der Waals surface area contributed by atoms with E-state index in [9.17, 15) is 14.4 Å². The van der Waals surface area contributed by atoms with Crippen LogP contribution < -0.4 is 16.4 Å². The highest BCUT2D eigenvalue weighted by atomic mass is 35.5. The van der Waals surface area contributed by atoms with E-state index >= 15 is 0 Å². The zero-order valence-corrected chi connectivity index (χ0v) is 10.7. The predicted octanol–water partition coefficient (Wildman–Crippen LogP) is 1.03. The molecule has 0 spiro atoms. The fourth-order valence-electron chi connectivity index (χ4n) is 1.18. The summed E-state index contributed by atoms with van der Waals surface area (Å²) in [5.74, 6) is -1.84. The number of urea groups is 1. The summed E-state index contributed by atoms with van der Waals surface area (Å²) < 4.78 is 0. The van der Waals surface area contributed by atoms with Gasteiger partial charge in [0, 0.05) is 0 Å². The number of halogens is 1. The van der Waals surface area contributed by atoms with Crippen molar-refractivity contribution in [3.05, 3.63) is 28.8 Å². The molecule has 7 nitrogen and oxygen atoms in total. The molecular formula is C11H12ClN3O4. The van der Waals surface area contributed by atoms with Crippen molar-refractivity contribution in [2.24, 2.45) is 5.73 Å². The van der Waals surface area contributed by atoms with E-state index < -0.39 is 23.9 Å². The first-order chi connectivity index (χ1) is 8.81. The van der Waals surface area contributed by atoms with Gasteiger partial charge in [0.05, 0.1) is 16.3 Å². The van der Waals surface area contributed by atoms with Crippen molar-refractivity contribution >= 4 is 35.2 Å². The molecule has 0 aromatic heterocycles. The van der Waals surface area contributed by atoms with Gasteiger partial charge in [0.25, 0.3) is 0 Å². The van der Waals surface area contributed by atoms with Crippen LogP contribution in [0.15, 0.2) is 18.2 Å². The molecule has 0 heterocycles. The molecule has 5 N–H and O–H groups in total. The van der Waals surface area contributed by atoms with Crippen molar-refractivity contribution in [2.75, 3.05) is 5.32 Å². The molecule has 1 atom stereocenters. The van der Waals surface area contributed by atoms with Gasteiger partial charge in [-0.3, -0.25) is 4.79 Å². The Balaban J connectivity index is 2.81. The SMILES string of the molecule is CC(NC(=O)Nc1cc(C(=O)O)ccc1Cl)C(N)=O. The summed E-state index contributed by atoms with van der Waals surface area (Å²) in [5.41, 5.74) is 5.08. The van der Waals surface area contributed by atoms with Gasteiger partial charge >= 0.3 is 12.0 Å².